The number of amidine groups is 1. The summed E-state index contributed by atoms with van der Waals surface area (Å²) in [5, 5.41) is 12.5. The van der Waals surface area contributed by atoms with Gasteiger partial charge in [0.05, 0.1) is 10.6 Å². The molecule has 4 nitrogen and oxygen atoms in total. The molecule has 0 unspecified atom stereocenters. The van der Waals surface area contributed by atoms with Gasteiger partial charge in [0.2, 0.25) is 0 Å². The fourth-order valence-electron chi connectivity index (χ4n) is 2.04. The lowest BCUT2D eigenvalue weighted by Crippen LogP contribution is -2.19. The summed E-state index contributed by atoms with van der Waals surface area (Å²) in [7, 11) is 0. The number of aliphatic imine (C=N–C) groups is 1. The minimum absolute atomic E-state index is 0.149. The van der Waals surface area contributed by atoms with Crippen molar-refractivity contribution in [2.75, 3.05) is 0 Å². The monoisotopic (exact) mass is 310 g/mol. The highest BCUT2D eigenvalue weighted by Crippen LogP contribution is 2.28. The molecule has 1 aliphatic rings. The first kappa shape index (κ1) is 14.4. The lowest BCUT2D eigenvalue weighted by molar-refractivity contribution is -0.115. The summed E-state index contributed by atoms with van der Waals surface area (Å²) in [6, 6.07) is 14.5. The number of rotatable bonds is 2. The van der Waals surface area contributed by atoms with Gasteiger partial charge in [0, 0.05) is 0 Å². The lowest BCUT2D eigenvalue weighted by atomic mass is 10.1. The maximum Gasteiger partial charge on any atom is 0.264 e. The number of carbonyl (C=O) groups excluding carboxylic acids is 1. The van der Waals surface area contributed by atoms with E-state index in [1.165, 1.54) is 11.8 Å². The summed E-state index contributed by atoms with van der Waals surface area (Å²) < 4.78 is 0. The van der Waals surface area contributed by atoms with Gasteiger partial charge in [-0.25, -0.2) is 4.99 Å². The number of hydrogen-bond acceptors (Lipinski definition) is 4. The van der Waals surface area contributed by atoms with Gasteiger partial charge in [0.15, 0.2) is 5.17 Å². The van der Waals surface area contributed by atoms with Crippen LogP contribution in [0.1, 0.15) is 11.1 Å². The van der Waals surface area contributed by atoms with Gasteiger partial charge in [-0.3, -0.25) is 4.79 Å². The number of hydrogen-bond donors (Lipinski definition) is 2. The summed E-state index contributed by atoms with van der Waals surface area (Å²) in [5.74, 6) is 0.0381. The molecule has 0 bridgehead atoms. The first-order chi connectivity index (χ1) is 10.6. The van der Waals surface area contributed by atoms with Crippen LogP contribution in [0.25, 0.3) is 6.08 Å². The normalized spacial score (nSPS) is 18.0. The van der Waals surface area contributed by atoms with E-state index in [4.69, 9.17) is 0 Å². The zero-order valence-corrected chi connectivity index (χ0v) is 12.7. The summed E-state index contributed by atoms with van der Waals surface area (Å²) in [4.78, 5) is 17.0. The lowest BCUT2D eigenvalue weighted by Gasteiger charge is -1.97. The average Bonchev–Trinajstić information content (AvgIpc) is 2.81. The van der Waals surface area contributed by atoms with Crippen molar-refractivity contribution in [3.63, 3.8) is 0 Å². The average molecular weight is 310 g/mol. The van der Waals surface area contributed by atoms with Crippen molar-refractivity contribution in [3.05, 3.63) is 64.6 Å². The van der Waals surface area contributed by atoms with Crippen LogP contribution >= 0.6 is 11.8 Å². The van der Waals surface area contributed by atoms with Gasteiger partial charge >= 0.3 is 0 Å². The third-order valence-corrected chi connectivity index (χ3v) is 3.98. The van der Waals surface area contributed by atoms with Gasteiger partial charge in [-0.15, -0.1) is 0 Å². The molecule has 5 heteroatoms. The van der Waals surface area contributed by atoms with Crippen LogP contribution < -0.4 is 5.32 Å². The van der Waals surface area contributed by atoms with Gasteiger partial charge in [-0.2, -0.15) is 0 Å². The van der Waals surface area contributed by atoms with Crippen LogP contribution in [0.3, 0.4) is 0 Å². The SMILES string of the molecule is Cc1cccc(/C=C2\SC(=Nc3ccc(O)cc3)NC2=O)c1. The number of nitrogens with one attached hydrogen (secondary N) is 1. The molecule has 1 fully saturated rings. The van der Waals surface area contributed by atoms with E-state index in [1.807, 2.05) is 37.3 Å². The highest BCUT2D eigenvalue weighted by Gasteiger charge is 2.23. The molecule has 22 heavy (non-hydrogen) atoms. The number of nitrogens with zero attached hydrogens (tertiary/aromatic N) is 1. The number of carbonyl (C=O) groups is 1. The van der Waals surface area contributed by atoms with E-state index in [0.717, 1.165) is 11.1 Å². The van der Waals surface area contributed by atoms with Gasteiger partial charge < -0.3 is 10.4 Å². The molecule has 0 aliphatic carbocycles. The zero-order chi connectivity index (χ0) is 15.5. The Morgan fingerprint density at radius 3 is 2.68 bits per heavy atom. The zero-order valence-electron chi connectivity index (χ0n) is 11.9. The van der Waals surface area contributed by atoms with Crippen molar-refractivity contribution >= 4 is 34.6 Å². The van der Waals surface area contributed by atoms with E-state index < -0.39 is 0 Å². The minimum Gasteiger partial charge on any atom is -0.508 e. The van der Waals surface area contributed by atoms with Crippen molar-refractivity contribution in [1.29, 1.82) is 0 Å². The molecule has 0 saturated carbocycles. The van der Waals surface area contributed by atoms with Crippen molar-refractivity contribution in [2.24, 2.45) is 4.99 Å². The Hall–Kier alpha value is -2.53. The molecule has 0 spiro atoms. The fourth-order valence-corrected chi connectivity index (χ4v) is 2.88. The number of amides is 1. The Balaban J connectivity index is 1.82. The Bertz CT molecular complexity index is 780. The number of thioether (sulfide) groups is 1. The second kappa shape index (κ2) is 6.07. The van der Waals surface area contributed by atoms with E-state index in [2.05, 4.69) is 10.3 Å². The molecule has 1 aliphatic heterocycles. The Morgan fingerprint density at radius 1 is 1.18 bits per heavy atom. The first-order valence-corrected chi connectivity index (χ1v) is 7.57. The van der Waals surface area contributed by atoms with E-state index >= 15 is 0 Å². The fraction of sp³-hybridized carbons (Fsp3) is 0.0588. The minimum atomic E-state index is -0.149. The van der Waals surface area contributed by atoms with Crippen molar-refractivity contribution < 1.29 is 9.90 Å². The number of phenolic OH excluding ortho intramolecular Hbond substituents is 1. The Labute approximate surface area is 132 Å². The molecule has 2 aromatic carbocycles. The molecule has 110 valence electrons. The van der Waals surface area contributed by atoms with Crippen LogP contribution in [-0.2, 0) is 4.79 Å². The van der Waals surface area contributed by atoms with Crippen LogP contribution in [0.4, 0.5) is 5.69 Å². The number of phenols is 1. The molecule has 1 amide bonds. The molecule has 0 atom stereocenters. The summed E-state index contributed by atoms with van der Waals surface area (Å²) in [6.07, 6.45) is 1.85. The van der Waals surface area contributed by atoms with Gasteiger partial charge in [0.25, 0.3) is 5.91 Å². The van der Waals surface area contributed by atoms with Gasteiger partial charge in [0.1, 0.15) is 5.75 Å². The highest BCUT2D eigenvalue weighted by atomic mass is 32.2. The maximum atomic E-state index is 12.0. The van der Waals surface area contributed by atoms with Crippen molar-refractivity contribution in [1.82, 2.24) is 5.32 Å². The topological polar surface area (TPSA) is 61.7 Å². The highest BCUT2D eigenvalue weighted by molar-refractivity contribution is 8.18. The molecule has 2 aromatic rings. The predicted molar refractivity (Wildman–Crippen MR) is 90.1 cm³/mol. The second-order valence-electron chi connectivity index (χ2n) is 4.91. The molecule has 2 N–H and O–H groups in total. The van der Waals surface area contributed by atoms with Crippen LogP contribution in [0.5, 0.6) is 5.75 Å². The van der Waals surface area contributed by atoms with Crippen LogP contribution in [-0.4, -0.2) is 16.2 Å². The third-order valence-electron chi connectivity index (χ3n) is 3.07. The number of aromatic hydroxyl groups is 1. The van der Waals surface area contributed by atoms with E-state index in [-0.39, 0.29) is 11.7 Å². The van der Waals surface area contributed by atoms with Crippen LogP contribution in [0.2, 0.25) is 0 Å². The Kier molecular flexibility index (Phi) is 3.98. The predicted octanol–water partition coefficient (Wildman–Crippen LogP) is 3.59. The van der Waals surface area contributed by atoms with E-state index in [0.29, 0.717) is 15.8 Å². The molecule has 1 saturated heterocycles. The number of benzene rings is 2. The Morgan fingerprint density at radius 2 is 1.95 bits per heavy atom. The molecule has 3 rings (SSSR count). The van der Waals surface area contributed by atoms with Crippen LogP contribution in [0.15, 0.2) is 58.4 Å². The number of aryl methyl sites for hydroxylation is 1. The first-order valence-electron chi connectivity index (χ1n) is 6.75. The summed E-state index contributed by atoms with van der Waals surface area (Å²) in [5.41, 5.74) is 2.82. The molecule has 0 radical (unpaired) electrons. The molecular weight excluding hydrogens is 296 g/mol. The third kappa shape index (κ3) is 3.38. The molecular formula is C17H14N2O2S. The maximum absolute atomic E-state index is 12.0. The van der Waals surface area contributed by atoms with Crippen LogP contribution in [0, 0.1) is 6.92 Å². The van der Waals surface area contributed by atoms with Gasteiger partial charge in [-0.05, 0) is 54.6 Å². The second-order valence-corrected chi connectivity index (χ2v) is 5.94. The molecule has 0 aromatic heterocycles. The summed E-state index contributed by atoms with van der Waals surface area (Å²) in [6.45, 7) is 2.02. The smallest absolute Gasteiger partial charge is 0.264 e. The van der Waals surface area contributed by atoms with Gasteiger partial charge in [-0.1, -0.05) is 29.8 Å². The summed E-state index contributed by atoms with van der Waals surface area (Å²) >= 11 is 1.31. The van der Waals surface area contributed by atoms with E-state index in [9.17, 15) is 9.90 Å². The molecule has 1 heterocycles. The van der Waals surface area contributed by atoms with Crippen molar-refractivity contribution in [3.8, 4) is 5.75 Å². The van der Waals surface area contributed by atoms with Crippen molar-refractivity contribution in [2.45, 2.75) is 6.92 Å². The largest absolute Gasteiger partial charge is 0.508 e. The standard InChI is InChI=1S/C17H14N2O2S/c1-11-3-2-4-12(9-11)10-15-16(21)19-17(22-15)18-13-5-7-14(20)8-6-13/h2-10,20H,1H3,(H,18,19,21)/b15-10-. The van der Waals surface area contributed by atoms with E-state index in [1.54, 1.807) is 24.3 Å². The quantitative estimate of drug-likeness (QED) is 0.833.